The van der Waals surface area contributed by atoms with Gasteiger partial charge in [-0.25, -0.2) is 9.37 Å². The van der Waals surface area contributed by atoms with Gasteiger partial charge in [0.05, 0.1) is 17.4 Å². The van der Waals surface area contributed by atoms with Gasteiger partial charge >= 0.3 is 0 Å². The van der Waals surface area contributed by atoms with Crippen LogP contribution >= 0.6 is 0 Å². The maximum Gasteiger partial charge on any atom is 0.252 e. The van der Waals surface area contributed by atoms with Crippen LogP contribution in [0, 0.1) is 19.7 Å². The Kier molecular flexibility index (Phi) is 6.10. The van der Waals surface area contributed by atoms with E-state index in [1.54, 1.807) is 6.20 Å². The van der Waals surface area contributed by atoms with Gasteiger partial charge in [0.1, 0.15) is 5.82 Å². The number of nitrogens with zero attached hydrogens (tertiary/aromatic N) is 2. The molecule has 0 spiro atoms. The van der Waals surface area contributed by atoms with Crippen molar-refractivity contribution in [1.29, 1.82) is 0 Å². The first kappa shape index (κ1) is 19.6. The monoisotopic (exact) mass is 360 g/mol. The first-order valence-corrected chi connectivity index (χ1v) is 8.45. The summed E-state index contributed by atoms with van der Waals surface area (Å²) in [4.78, 5) is 20.2. The number of hydrogen-bond acceptors (Lipinski definition) is 6. The third-order valence-electron chi connectivity index (χ3n) is 4.32. The molecule has 0 saturated carbocycles. The Labute approximate surface area is 152 Å². The number of rotatable bonds is 7. The number of nitrogens with two attached hydrogens (primary N) is 2. The van der Waals surface area contributed by atoms with Crippen LogP contribution in [0.2, 0.25) is 0 Å². The van der Waals surface area contributed by atoms with Crippen molar-refractivity contribution in [2.75, 3.05) is 10.6 Å². The van der Waals surface area contributed by atoms with Crippen LogP contribution < -0.4 is 22.1 Å². The number of aryl methyl sites for hydroxylation is 2. The lowest BCUT2D eigenvalue weighted by molar-refractivity contribution is 0.100. The van der Waals surface area contributed by atoms with Gasteiger partial charge in [-0.2, -0.15) is 0 Å². The Bertz CT molecular complexity index is 811. The summed E-state index contributed by atoms with van der Waals surface area (Å²) in [5.41, 5.74) is 13.8. The van der Waals surface area contributed by atoms with E-state index in [1.807, 2.05) is 33.8 Å². The van der Waals surface area contributed by atoms with E-state index in [1.165, 1.54) is 0 Å². The molecule has 8 heteroatoms. The van der Waals surface area contributed by atoms with Crippen molar-refractivity contribution in [2.24, 2.45) is 11.5 Å². The standard InChI is InChI=1S/C18H25FN6O/c1-5-15(20)11(4)23-18-14(19)7-13(16(21)26)17(25-18)24-12-6-9(2)10(3)22-8-12/h6-8,11,15H,5,20H2,1-4H3,(H2,21,26)(H2,23,24,25)/t11-,15+/m1/s1. The molecule has 2 aromatic rings. The molecular weight excluding hydrogens is 335 g/mol. The summed E-state index contributed by atoms with van der Waals surface area (Å²) in [6.45, 7) is 7.60. The Morgan fingerprint density at radius 2 is 2.00 bits per heavy atom. The van der Waals surface area contributed by atoms with Crippen molar-refractivity contribution in [3.63, 3.8) is 0 Å². The SMILES string of the molecule is CC[C@H](N)[C@@H](C)Nc1nc(Nc2cnc(C)c(C)c2)c(C(N)=O)cc1F. The van der Waals surface area contributed by atoms with Crippen molar-refractivity contribution in [2.45, 2.75) is 46.2 Å². The first-order chi connectivity index (χ1) is 12.2. The summed E-state index contributed by atoms with van der Waals surface area (Å²) in [6, 6.07) is 2.57. The molecule has 1 amide bonds. The zero-order chi connectivity index (χ0) is 19.4. The number of nitrogens with one attached hydrogen (secondary N) is 2. The molecule has 0 radical (unpaired) electrons. The third-order valence-corrected chi connectivity index (χ3v) is 4.32. The van der Waals surface area contributed by atoms with Gasteiger partial charge in [-0.05, 0) is 44.9 Å². The molecule has 0 unspecified atom stereocenters. The number of anilines is 3. The number of halogens is 1. The fraction of sp³-hybridized carbons (Fsp3) is 0.389. The van der Waals surface area contributed by atoms with E-state index in [2.05, 4.69) is 20.6 Å². The van der Waals surface area contributed by atoms with Gasteiger partial charge in [-0.1, -0.05) is 6.92 Å². The number of hydrogen-bond donors (Lipinski definition) is 4. The molecule has 7 nitrogen and oxygen atoms in total. The van der Waals surface area contributed by atoms with Crippen LogP contribution in [0.25, 0.3) is 0 Å². The molecule has 6 N–H and O–H groups in total. The van der Waals surface area contributed by atoms with E-state index in [0.29, 0.717) is 5.69 Å². The molecule has 0 aliphatic rings. The minimum atomic E-state index is -0.777. The van der Waals surface area contributed by atoms with Crippen molar-refractivity contribution in [3.8, 4) is 0 Å². The average molecular weight is 360 g/mol. The van der Waals surface area contributed by atoms with E-state index in [-0.39, 0.29) is 29.3 Å². The topological polar surface area (TPSA) is 119 Å². The molecule has 0 bridgehead atoms. The van der Waals surface area contributed by atoms with Gasteiger partial charge in [-0.15, -0.1) is 0 Å². The van der Waals surface area contributed by atoms with Crippen LogP contribution in [0.4, 0.5) is 21.7 Å². The lowest BCUT2D eigenvalue weighted by Gasteiger charge is -2.21. The molecule has 0 fully saturated rings. The maximum atomic E-state index is 14.4. The molecule has 0 aliphatic carbocycles. The number of carbonyl (C=O) groups is 1. The Morgan fingerprint density at radius 3 is 2.58 bits per heavy atom. The zero-order valence-corrected chi connectivity index (χ0v) is 15.4. The number of pyridine rings is 2. The predicted molar refractivity (Wildman–Crippen MR) is 101 cm³/mol. The fourth-order valence-corrected chi connectivity index (χ4v) is 2.40. The summed E-state index contributed by atoms with van der Waals surface area (Å²) in [5.74, 6) is -1.28. The molecule has 0 saturated heterocycles. The highest BCUT2D eigenvalue weighted by Gasteiger charge is 2.19. The van der Waals surface area contributed by atoms with E-state index >= 15 is 0 Å². The van der Waals surface area contributed by atoms with Gasteiger partial charge in [-0.3, -0.25) is 9.78 Å². The van der Waals surface area contributed by atoms with Crippen molar-refractivity contribution in [1.82, 2.24) is 9.97 Å². The molecule has 0 aromatic carbocycles. The summed E-state index contributed by atoms with van der Waals surface area (Å²) in [7, 11) is 0. The van der Waals surface area contributed by atoms with Crippen molar-refractivity contribution >= 4 is 23.2 Å². The second kappa shape index (κ2) is 8.09. The second-order valence-corrected chi connectivity index (χ2v) is 6.34. The fourth-order valence-electron chi connectivity index (χ4n) is 2.40. The third kappa shape index (κ3) is 4.45. The van der Waals surface area contributed by atoms with Crippen LogP contribution in [0.5, 0.6) is 0 Å². The maximum absolute atomic E-state index is 14.4. The van der Waals surface area contributed by atoms with Gasteiger partial charge in [0, 0.05) is 17.8 Å². The lowest BCUT2D eigenvalue weighted by Crippen LogP contribution is -2.38. The van der Waals surface area contributed by atoms with Crippen LogP contribution in [0.15, 0.2) is 18.3 Å². The molecular formula is C18H25FN6O. The van der Waals surface area contributed by atoms with Crippen molar-refractivity contribution in [3.05, 3.63) is 41.0 Å². The molecule has 2 aromatic heterocycles. The average Bonchev–Trinajstić information content (AvgIpc) is 2.59. The summed E-state index contributed by atoms with van der Waals surface area (Å²) in [6.07, 6.45) is 2.34. The van der Waals surface area contributed by atoms with Gasteiger partial charge in [0.15, 0.2) is 11.6 Å². The number of primary amides is 1. The summed E-state index contributed by atoms with van der Waals surface area (Å²) in [5, 5.41) is 5.95. The van der Waals surface area contributed by atoms with Crippen LogP contribution in [0.3, 0.4) is 0 Å². The van der Waals surface area contributed by atoms with E-state index in [9.17, 15) is 9.18 Å². The summed E-state index contributed by atoms with van der Waals surface area (Å²) < 4.78 is 14.4. The van der Waals surface area contributed by atoms with E-state index in [0.717, 1.165) is 23.7 Å². The molecule has 2 atom stereocenters. The normalized spacial score (nSPS) is 13.2. The van der Waals surface area contributed by atoms with Gasteiger partial charge in [0.2, 0.25) is 0 Å². The first-order valence-electron chi connectivity index (χ1n) is 8.45. The molecule has 2 heterocycles. The largest absolute Gasteiger partial charge is 0.365 e. The Balaban J connectivity index is 2.40. The highest BCUT2D eigenvalue weighted by atomic mass is 19.1. The Morgan fingerprint density at radius 1 is 1.31 bits per heavy atom. The molecule has 0 aliphatic heterocycles. The smallest absolute Gasteiger partial charge is 0.252 e. The zero-order valence-electron chi connectivity index (χ0n) is 15.4. The van der Waals surface area contributed by atoms with Crippen molar-refractivity contribution < 1.29 is 9.18 Å². The number of aromatic nitrogens is 2. The highest BCUT2D eigenvalue weighted by molar-refractivity contribution is 5.98. The Hall–Kier alpha value is -2.74. The molecule has 26 heavy (non-hydrogen) atoms. The molecule has 140 valence electrons. The minimum Gasteiger partial charge on any atom is -0.365 e. The lowest BCUT2D eigenvalue weighted by atomic mass is 10.1. The van der Waals surface area contributed by atoms with Crippen LogP contribution in [-0.2, 0) is 0 Å². The van der Waals surface area contributed by atoms with E-state index < -0.39 is 11.7 Å². The predicted octanol–water partition coefficient (Wildman–Crippen LogP) is 2.61. The van der Waals surface area contributed by atoms with Gasteiger partial charge < -0.3 is 22.1 Å². The number of carbonyl (C=O) groups excluding carboxylic acids is 1. The van der Waals surface area contributed by atoms with Crippen LogP contribution in [-0.4, -0.2) is 28.0 Å². The van der Waals surface area contributed by atoms with Crippen LogP contribution in [0.1, 0.15) is 41.9 Å². The summed E-state index contributed by atoms with van der Waals surface area (Å²) >= 11 is 0. The van der Waals surface area contributed by atoms with E-state index in [4.69, 9.17) is 11.5 Å². The van der Waals surface area contributed by atoms with Gasteiger partial charge in [0.25, 0.3) is 5.91 Å². The highest BCUT2D eigenvalue weighted by Crippen LogP contribution is 2.25. The minimum absolute atomic E-state index is 0.00527. The molecule has 2 rings (SSSR count). The quantitative estimate of drug-likeness (QED) is 0.603. The second-order valence-electron chi connectivity index (χ2n) is 6.34. The number of amides is 1.